The zero-order valence-electron chi connectivity index (χ0n) is 16.2. The van der Waals surface area contributed by atoms with Gasteiger partial charge in [0.1, 0.15) is 12.1 Å². The number of rotatable bonds is 5. The van der Waals surface area contributed by atoms with Crippen LogP contribution in [0.5, 0.6) is 17.2 Å². The number of halogens is 1. The number of hydrogen-bond donors (Lipinski definition) is 1. The van der Waals surface area contributed by atoms with Gasteiger partial charge in [-0.25, -0.2) is 4.98 Å². The minimum absolute atomic E-state index is 0.0972. The lowest BCUT2D eigenvalue weighted by Gasteiger charge is -2.24. The first kappa shape index (κ1) is 19.1. The van der Waals surface area contributed by atoms with E-state index in [0.717, 1.165) is 16.9 Å². The van der Waals surface area contributed by atoms with Crippen molar-refractivity contribution in [3.05, 3.63) is 59.0 Å². The summed E-state index contributed by atoms with van der Waals surface area (Å²) in [6.07, 6.45) is 1.95. The highest BCUT2D eigenvalue weighted by atomic mass is 35.5. The topological polar surface area (TPSA) is 74.6 Å². The molecule has 0 fully saturated rings. The van der Waals surface area contributed by atoms with Gasteiger partial charge < -0.3 is 19.5 Å². The molecule has 7 nitrogen and oxygen atoms in total. The van der Waals surface area contributed by atoms with Crippen molar-refractivity contribution in [3.63, 3.8) is 0 Å². The van der Waals surface area contributed by atoms with Crippen LogP contribution in [0.25, 0.3) is 5.69 Å². The summed E-state index contributed by atoms with van der Waals surface area (Å²) < 4.78 is 18.2. The quantitative estimate of drug-likeness (QED) is 0.683. The van der Waals surface area contributed by atoms with Crippen LogP contribution in [0.3, 0.4) is 0 Å². The Hall–Kier alpha value is -3.19. The van der Waals surface area contributed by atoms with Gasteiger partial charge in [0, 0.05) is 23.0 Å². The number of aromatic nitrogens is 2. The average molecular weight is 414 g/mol. The van der Waals surface area contributed by atoms with Crippen molar-refractivity contribution in [2.75, 3.05) is 26.6 Å². The van der Waals surface area contributed by atoms with E-state index >= 15 is 0 Å². The van der Waals surface area contributed by atoms with Crippen molar-refractivity contribution in [1.29, 1.82) is 0 Å². The van der Waals surface area contributed by atoms with E-state index in [9.17, 15) is 4.79 Å². The fraction of sp³-hybridized carbons (Fsp3) is 0.238. The minimum atomic E-state index is -0.257. The van der Waals surface area contributed by atoms with Crippen LogP contribution in [0.1, 0.15) is 23.6 Å². The molecule has 8 heteroatoms. The molecule has 29 heavy (non-hydrogen) atoms. The van der Waals surface area contributed by atoms with E-state index in [0.29, 0.717) is 28.1 Å². The van der Waals surface area contributed by atoms with Gasteiger partial charge in [-0.1, -0.05) is 17.7 Å². The van der Waals surface area contributed by atoms with E-state index in [-0.39, 0.29) is 18.2 Å². The normalized spacial score (nSPS) is 15.4. The molecule has 1 amide bonds. The lowest BCUT2D eigenvalue weighted by Crippen LogP contribution is -2.25. The summed E-state index contributed by atoms with van der Waals surface area (Å²) in [4.78, 5) is 17.1. The fourth-order valence-corrected chi connectivity index (χ4v) is 3.79. The number of nitrogens with zero attached hydrogens (tertiary/aromatic N) is 2. The zero-order chi connectivity index (χ0) is 20.5. The molecule has 0 saturated carbocycles. The maximum Gasteiger partial charge on any atom is 0.226 e. The Morgan fingerprint density at radius 1 is 1.10 bits per heavy atom. The van der Waals surface area contributed by atoms with Crippen LogP contribution in [0.2, 0.25) is 5.02 Å². The lowest BCUT2D eigenvalue weighted by atomic mass is 9.89. The van der Waals surface area contributed by atoms with Gasteiger partial charge in [0.15, 0.2) is 11.5 Å². The number of carbonyl (C=O) groups excluding carboxylic acids is 1. The molecule has 4 rings (SSSR count). The highest BCUT2D eigenvalue weighted by Crippen LogP contribution is 2.44. The average Bonchev–Trinajstić information content (AvgIpc) is 3.15. The molecule has 150 valence electrons. The molecule has 1 aromatic heterocycles. The van der Waals surface area contributed by atoms with E-state index in [1.807, 2.05) is 34.9 Å². The number of carbonyl (C=O) groups is 1. The van der Waals surface area contributed by atoms with Gasteiger partial charge in [-0.05, 0) is 35.9 Å². The minimum Gasteiger partial charge on any atom is -0.493 e. The maximum atomic E-state index is 12.5. The highest BCUT2D eigenvalue weighted by molar-refractivity contribution is 6.30. The molecule has 0 spiro atoms. The molecule has 1 aliphatic rings. The van der Waals surface area contributed by atoms with E-state index in [1.165, 1.54) is 0 Å². The van der Waals surface area contributed by atoms with Crippen LogP contribution in [-0.2, 0) is 4.79 Å². The second-order valence-electron chi connectivity index (χ2n) is 6.59. The van der Waals surface area contributed by atoms with Gasteiger partial charge >= 0.3 is 0 Å². The monoisotopic (exact) mass is 413 g/mol. The number of anilines is 1. The van der Waals surface area contributed by atoms with Gasteiger partial charge in [0.2, 0.25) is 11.7 Å². The van der Waals surface area contributed by atoms with Crippen LogP contribution < -0.4 is 19.5 Å². The Balaban J connectivity index is 1.84. The molecule has 3 aromatic rings. The van der Waals surface area contributed by atoms with Gasteiger partial charge in [-0.3, -0.25) is 9.36 Å². The summed E-state index contributed by atoms with van der Waals surface area (Å²) in [5.74, 6) is 1.84. The number of fused-ring (bicyclic) bond motifs is 1. The van der Waals surface area contributed by atoms with Crippen molar-refractivity contribution in [3.8, 4) is 22.9 Å². The summed E-state index contributed by atoms with van der Waals surface area (Å²) in [6.45, 7) is 0. The molecule has 1 atom stereocenters. The summed E-state index contributed by atoms with van der Waals surface area (Å²) in [7, 11) is 4.68. The molecule has 0 saturated heterocycles. The van der Waals surface area contributed by atoms with Crippen LogP contribution in [0, 0.1) is 0 Å². The number of hydrogen-bond acceptors (Lipinski definition) is 5. The lowest BCUT2D eigenvalue weighted by molar-refractivity contribution is -0.116. The number of amides is 1. The molecular weight excluding hydrogens is 394 g/mol. The number of nitrogens with one attached hydrogen (secondary N) is 1. The van der Waals surface area contributed by atoms with E-state index in [4.69, 9.17) is 25.8 Å². The standard InChI is InChI=1S/C21H20ClN3O4/c1-27-16-7-12(8-17(28-2)20(16)29-3)15-10-18(26)24-21-19(15)23-11-25(21)14-6-4-5-13(22)9-14/h4-9,11,15H,10H2,1-3H3,(H,24,26)/t15-/m1/s1. The Bertz CT molecular complexity index is 1050. The van der Waals surface area contributed by atoms with Gasteiger partial charge in [-0.2, -0.15) is 0 Å². The fourth-order valence-electron chi connectivity index (χ4n) is 3.61. The van der Waals surface area contributed by atoms with Gasteiger partial charge in [0.05, 0.1) is 27.0 Å². The highest BCUT2D eigenvalue weighted by Gasteiger charge is 2.32. The van der Waals surface area contributed by atoms with E-state index in [1.54, 1.807) is 33.7 Å². The predicted molar refractivity (Wildman–Crippen MR) is 110 cm³/mol. The molecule has 2 aromatic carbocycles. The third kappa shape index (κ3) is 3.38. The van der Waals surface area contributed by atoms with Gasteiger partial charge in [0.25, 0.3) is 0 Å². The molecule has 2 heterocycles. The SMILES string of the molecule is COc1cc([C@H]2CC(=O)Nc3c2ncn3-c2cccc(Cl)c2)cc(OC)c1OC. The number of ether oxygens (including phenoxy) is 3. The van der Waals surface area contributed by atoms with E-state index < -0.39 is 0 Å². The second kappa shape index (κ2) is 7.67. The Morgan fingerprint density at radius 3 is 2.45 bits per heavy atom. The number of methoxy groups -OCH3 is 3. The van der Waals surface area contributed by atoms with Crippen molar-refractivity contribution < 1.29 is 19.0 Å². The third-order valence-electron chi connectivity index (χ3n) is 4.95. The van der Waals surface area contributed by atoms with Crippen molar-refractivity contribution >= 4 is 23.3 Å². The summed E-state index contributed by atoms with van der Waals surface area (Å²) in [5.41, 5.74) is 2.43. The molecule has 0 aliphatic carbocycles. The molecule has 0 bridgehead atoms. The van der Waals surface area contributed by atoms with Crippen molar-refractivity contribution in [2.24, 2.45) is 0 Å². The summed E-state index contributed by atoms with van der Waals surface area (Å²) >= 11 is 6.13. The van der Waals surface area contributed by atoms with Gasteiger partial charge in [-0.15, -0.1) is 0 Å². The first-order chi connectivity index (χ1) is 14.0. The third-order valence-corrected chi connectivity index (χ3v) is 5.18. The van der Waals surface area contributed by atoms with Crippen LogP contribution in [-0.4, -0.2) is 36.8 Å². The molecule has 0 radical (unpaired) electrons. The van der Waals surface area contributed by atoms with Crippen LogP contribution in [0.4, 0.5) is 5.82 Å². The summed E-state index contributed by atoms with van der Waals surface area (Å²) in [6, 6.07) is 11.1. The Labute approximate surface area is 173 Å². The van der Waals surface area contributed by atoms with Crippen LogP contribution >= 0.6 is 11.6 Å². The molecule has 1 aliphatic heterocycles. The largest absolute Gasteiger partial charge is 0.493 e. The predicted octanol–water partition coefficient (Wildman–Crippen LogP) is 4.03. The summed E-state index contributed by atoms with van der Waals surface area (Å²) in [5, 5.41) is 3.54. The molecular formula is C21H20ClN3O4. The van der Waals surface area contributed by atoms with E-state index in [2.05, 4.69) is 10.3 Å². The number of benzene rings is 2. The van der Waals surface area contributed by atoms with Crippen LogP contribution in [0.15, 0.2) is 42.7 Å². The maximum absolute atomic E-state index is 12.5. The first-order valence-corrected chi connectivity index (χ1v) is 9.36. The Kier molecular flexibility index (Phi) is 5.07. The smallest absolute Gasteiger partial charge is 0.226 e. The van der Waals surface area contributed by atoms with Crippen molar-refractivity contribution in [1.82, 2.24) is 9.55 Å². The van der Waals surface area contributed by atoms with Crippen molar-refractivity contribution in [2.45, 2.75) is 12.3 Å². The Morgan fingerprint density at radius 2 is 1.83 bits per heavy atom. The first-order valence-electron chi connectivity index (χ1n) is 8.98. The zero-order valence-corrected chi connectivity index (χ0v) is 17.0. The molecule has 1 N–H and O–H groups in total. The molecule has 0 unspecified atom stereocenters. The second-order valence-corrected chi connectivity index (χ2v) is 7.03. The number of imidazole rings is 1.